The van der Waals surface area contributed by atoms with Crippen molar-refractivity contribution in [1.82, 2.24) is 0 Å². The largest absolute Gasteiger partial charge is 0.493 e. The van der Waals surface area contributed by atoms with Crippen LogP contribution in [0.1, 0.15) is 11.1 Å². The minimum Gasteiger partial charge on any atom is -0.493 e. The Labute approximate surface area is 147 Å². The van der Waals surface area contributed by atoms with Gasteiger partial charge in [0.15, 0.2) is 11.5 Å². The highest BCUT2D eigenvalue weighted by Gasteiger charge is 2.12. The first-order valence-electron chi connectivity index (χ1n) is 8.11. The monoisotopic (exact) mass is 335 g/mol. The number of hydrogen-bond acceptors (Lipinski definition) is 3. The highest BCUT2D eigenvalue weighted by atomic mass is 16.5. The van der Waals surface area contributed by atoms with E-state index >= 15 is 0 Å². The molecule has 0 aromatic heterocycles. The van der Waals surface area contributed by atoms with Crippen molar-refractivity contribution in [2.45, 2.75) is 13.3 Å². The first-order valence-corrected chi connectivity index (χ1v) is 8.11. The predicted octanol–water partition coefficient (Wildman–Crippen LogP) is 4.35. The number of fused-ring (bicyclic) bond motifs is 1. The molecule has 0 radical (unpaired) electrons. The molecule has 4 heteroatoms. The maximum absolute atomic E-state index is 12.5. The second-order valence-electron chi connectivity index (χ2n) is 5.89. The van der Waals surface area contributed by atoms with Gasteiger partial charge in [-0.1, -0.05) is 36.4 Å². The summed E-state index contributed by atoms with van der Waals surface area (Å²) in [7, 11) is 3.19. The van der Waals surface area contributed by atoms with Crippen LogP contribution < -0.4 is 14.8 Å². The lowest BCUT2D eigenvalue weighted by Gasteiger charge is -2.13. The Balaban J connectivity index is 1.83. The second-order valence-corrected chi connectivity index (χ2v) is 5.89. The molecule has 0 atom stereocenters. The minimum absolute atomic E-state index is 0.0633. The van der Waals surface area contributed by atoms with E-state index in [4.69, 9.17) is 9.47 Å². The number of methoxy groups -OCH3 is 2. The summed E-state index contributed by atoms with van der Waals surface area (Å²) < 4.78 is 10.6. The maximum atomic E-state index is 12.5. The van der Waals surface area contributed by atoms with Crippen molar-refractivity contribution < 1.29 is 14.3 Å². The molecule has 4 nitrogen and oxygen atoms in total. The van der Waals surface area contributed by atoms with E-state index in [0.717, 1.165) is 27.6 Å². The molecule has 0 saturated heterocycles. The van der Waals surface area contributed by atoms with Crippen LogP contribution in [0.5, 0.6) is 11.5 Å². The van der Waals surface area contributed by atoms with E-state index in [0.29, 0.717) is 11.5 Å². The molecule has 3 aromatic carbocycles. The number of carbonyl (C=O) groups excluding carboxylic acids is 1. The molecule has 0 unspecified atom stereocenters. The van der Waals surface area contributed by atoms with Crippen LogP contribution in [-0.2, 0) is 11.2 Å². The number of ether oxygens (including phenoxy) is 2. The third-order valence-corrected chi connectivity index (χ3v) is 4.26. The Kier molecular flexibility index (Phi) is 4.89. The molecule has 0 aliphatic rings. The molecule has 0 bridgehead atoms. The van der Waals surface area contributed by atoms with Gasteiger partial charge in [-0.3, -0.25) is 4.79 Å². The molecule has 3 aromatic rings. The van der Waals surface area contributed by atoms with Gasteiger partial charge in [0, 0.05) is 11.1 Å². The van der Waals surface area contributed by atoms with E-state index in [1.165, 1.54) is 0 Å². The van der Waals surface area contributed by atoms with Crippen LogP contribution in [-0.4, -0.2) is 20.1 Å². The number of hydrogen-bond donors (Lipinski definition) is 1. The molecule has 0 fully saturated rings. The number of benzene rings is 3. The third-order valence-electron chi connectivity index (χ3n) is 4.26. The van der Waals surface area contributed by atoms with Crippen LogP contribution in [0.25, 0.3) is 10.8 Å². The maximum Gasteiger partial charge on any atom is 0.228 e. The summed E-state index contributed by atoms with van der Waals surface area (Å²) in [4.78, 5) is 12.5. The first-order chi connectivity index (χ1) is 12.1. The molecule has 0 saturated carbocycles. The topological polar surface area (TPSA) is 47.6 Å². The fourth-order valence-corrected chi connectivity index (χ4v) is 2.91. The van der Waals surface area contributed by atoms with Crippen LogP contribution >= 0.6 is 0 Å². The van der Waals surface area contributed by atoms with Crippen molar-refractivity contribution in [3.8, 4) is 11.5 Å². The molecule has 25 heavy (non-hydrogen) atoms. The van der Waals surface area contributed by atoms with Gasteiger partial charge in [0.1, 0.15) is 0 Å². The van der Waals surface area contributed by atoms with Gasteiger partial charge < -0.3 is 14.8 Å². The van der Waals surface area contributed by atoms with Gasteiger partial charge in [-0.2, -0.15) is 0 Å². The van der Waals surface area contributed by atoms with Gasteiger partial charge in [0.05, 0.1) is 20.6 Å². The Morgan fingerprint density at radius 1 is 0.960 bits per heavy atom. The van der Waals surface area contributed by atoms with E-state index in [2.05, 4.69) is 5.32 Å². The summed E-state index contributed by atoms with van der Waals surface area (Å²) in [6, 6.07) is 17.6. The average Bonchev–Trinajstić information content (AvgIpc) is 2.63. The van der Waals surface area contributed by atoms with Crippen LogP contribution in [0.2, 0.25) is 0 Å². The fraction of sp³-hybridized carbons (Fsp3) is 0.190. The second kappa shape index (κ2) is 7.26. The zero-order chi connectivity index (χ0) is 17.8. The predicted molar refractivity (Wildman–Crippen MR) is 101 cm³/mol. The Bertz CT molecular complexity index is 913. The Hall–Kier alpha value is -3.01. The van der Waals surface area contributed by atoms with Crippen molar-refractivity contribution in [2.75, 3.05) is 19.5 Å². The first kappa shape index (κ1) is 16.8. The zero-order valence-corrected chi connectivity index (χ0v) is 14.6. The van der Waals surface area contributed by atoms with E-state index in [9.17, 15) is 4.79 Å². The van der Waals surface area contributed by atoms with Gasteiger partial charge in [0.2, 0.25) is 5.91 Å². The molecule has 128 valence electrons. The number of nitrogens with one attached hydrogen (secondary N) is 1. The summed E-state index contributed by atoms with van der Waals surface area (Å²) in [6.07, 6.45) is 0.273. The summed E-state index contributed by atoms with van der Waals surface area (Å²) in [5.74, 6) is 1.23. The molecule has 0 heterocycles. The minimum atomic E-state index is -0.0633. The van der Waals surface area contributed by atoms with Crippen molar-refractivity contribution in [1.29, 1.82) is 0 Å². The zero-order valence-electron chi connectivity index (χ0n) is 14.6. The van der Waals surface area contributed by atoms with Crippen LogP contribution in [0.15, 0.2) is 54.6 Å². The van der Waals surface area contributed by atoms with Gasteiger partial charge >= 0.3 is 0 Å². The Morgan fingerprint density at radius 3 is 2.40 bits per heavy atom. The van der Waals surface area contributed by atoms with E-state index in [1.54, 1.807) is 14.2 Å². The molecular weight excluding hydrogens is 314 g/mol. The summed E-state index contributed by atoms with van der Waals surface area (Å²) in [5, 5.41) is 5.15. The number of aryl methyl sites for hydroxylation is 1. The molecule has 0 aliphatic heterocycles. The van der Waals surface area contributed by atoms with Crippen LogP contribution in [0, 0.1) is 6.92 Å². The molecule has 1 amide bonds. The van der Waals surface area contributed by atoms with Crippen molar-refractivity contribution in [2.24, 2.45) is 0 Å². The lowest BCUT2D eigenvalue weighted by Crippen LogP contribution is -2.15. The molecule has 1 N–H and O–H groups in total. The average molecular weight is 335 g/mol. The van der Waals surface area contributed by atoms with Crippen LogP contribution in [0.4, 0.5) is 5.69 Å². The summed E-state index contributed by atoms with van der Waals surface area (Å²) in [6.45, 7) is 1.96. The van der Waals surface area contributed by atoms with E-state index < -0.39 is 0 Å². The highest BCUT2D eigenvalue weighted by Crippen LogP contribution is 2.30. The number of carbonyl (C=O) groups is 1. The fourth-order valence-electron chi connectivity index (χ4n) is 2.91. The van der Waals surface area contributed by atoms with Gasteiger partial charge in [-0.15, -0.1) is 0 Å². The van der Waals surface area contributed by atoms with Gasteiger partial charge in [-0.25, -0.2) is 0 Å². The van der Waals surface area contributed by atoms with E-state index in [-0.39, 0.29) is 12.3 Å². The van der Waals surface area contributed by atoms with Crippen molar-refractivity contribution in [3.63, 3.8) is 0 Å². The van der Waals surface area contributed by atoms with Gasteiger partial charge in [0.25, 0.3) is 0 Å². The SMILES string of the molecule is COc1cc(C)c(CC(=O)Nc2cccc3ccccc23)cc1OC. The molecule has 0 aliphatic carbocycles. The number of anilines is 1. The van der Waals surface area contributed by atoms with Crippen molar-refractivity contribution >= 4 is 22.4 Å². The quantitative estimate of drug-likeness (QED) is 0.754. The third kappa shape index (κ3) is 3.58. The number of amides is 1. The summed E-state index contributed by atoms with van der Waals surface area (Å²) in [5.41, 5.74) is 2.72. The van der Waals surface area contributed by atoms with Gasteiger partial charge in [-0.05, 0) is 41.6 Å². The van der Waals surface area contributed by atoms with Crippen molar-refractivity contribution in [3.05, 3.63) is 65.7 Å². The van der Waals surface area contributed by atoms with E-state index in [1.807, 2.05) is 61.5 Å². The lowest BCUT2D eigenvalue weighted by atomic mass is 10.0. The molecule has 3 rings (SSSR count). The molecular formula is C21H21NO3. The number of rotatable bonds is 5. The summed E-state index contributed by atoms with van der Waals surface area (Å²) >= 11 is 0. The Morgan fingerprint density at radius 2 is 1.64 bits per heavy atom. The highest BCUT2D eigenvalue weighted by molar-refractivity contribution is 6.02. The molecule has 0 spiro atoms. The lowest BCUT2D eigenvalue weighted by molar-refractivity contribution is -0.115. The smallest absolute Gasteiger partial charge is 0.228 e. The van der Waals surface area contributed by atoms with Crippen LogP contribution in [0.3, 0.4) is 0 Å². The standard InChI is InChI=1S/C21H21NO3/c1-14-11-19(24-2)20(25-3)12-16(14)13-21(23)22-18-10-6-8-15-7-4-5-9-17(15)18/h4-12H,13H2,1-3H3,(H,22,23). The normalized spacial score (nSPS) is 10.5.